The Hall–Kier alpha value is -3.23. The van der Waals surface area contributed by atoms with Gasteiger partial charge in [0.1, 0.15) is 5.82 Å². The van der Waals surface area contributed by atoms with Crippen molar-refractivity contribution in [2.75, 3.05) is 0 Å². The van der Waals surface area contributed by atoms with Crippen molar-refractivity contribution in [2.24, 2.45) is 4.99 Å². The highest BCUT2D eigenvalue weighted by Gasteiger charge is 2.11. The maximum Gasteiger partial charge on any atom is 0.279 e. The van der Waals surface area contributed by atoms with Crippen molar-refractivity contribution in [1.29, 1.82) is 0 Å². The largest absolute Gasteiger partial charge is 0.305 e. The second-order valence-electron chi connectivity index (χ2n) is 5.74. The van der Waals surface area contributed by atoms with Crippen LogP contribution >= 0.6 is 11.3 Å². The second-order valence-corrected chi connectivity index (χ2v) is 6.71. The van der Waals surface area contributed by atoms with Gasteiger partial charge in [0.25, 0.3) is 5.91 Å². The Labute approximate surface area is 153 Å². The molecule has 0 fully saturated rings. The van der Waals surface area contributed by atoms with Gasteiger partial charge in [-0.15, -0.1) is 6.42 Å². The van der Waals surface area contributed by atoms with E-state index in [0.29, 0.717) is 11.3 Å². The molecule has 0 unspecified atom stereocenters. The predicted octanol–water partition coefficient (Wildman–Crippen LogP) is 4.37. The molecule has 5 heteroatoms. The summed E-state index contributed by atoms with van der Waals surface area (Å²) in [5.41, 5.74) is 1.14. The molecule has 3 aromatic carbocycles. The van der Waals surface area contributed by atoms with Gasteiger partial charge in [-0.25, -0.2) is 4.39 Å². The highest BCUT2D eigenvalue weighted by molar-refractivity contribution is 7.17. The van der Waals surface area contributed by atoms with E-state index in [1.165, 1.54) is 29.5 Å². The number of hydrogen-bond donors (Lipinski definition) is 0. The molecule has 0 bridgehead atoms. The van der Waals surface area contributed by atoms with Crippen molar-refractivity contribution in [3.05, 3.63) is 76.8 Å². The van der Waals surface area contributed by atoms with Crippen LogP contribution < -0.4 is 4.80 Å². The van der Waals surface area contributed by atoms with Gasteiger partial charge in [0.15, 0.2) is 4.80 Å². The molecule has 1 amide bonds. The summed E-state index contributed by atoms with van der Waals surface area (Å²) >= 11 is 1.41. The predicted molar refractivity (Wildman–Crippen MR) is 102 cm³/mol. The SMILES string of the molecule is C#CCn1c(=NC(=O)c2cccc(F)c2)sc2c3ccccc3ccc21. The summed E-state index contributed by atoms with van der Waals surface area (Å²) in [6.45, 7) is 0.299. The average Bonchev–Trinajstić information content (AvgIpc) is 3.00. The zero-order valence-corrected chi connectivity index (χ0v) is 14.5. The first-order chi connectivity index (χ1) is 12.7. The normalized spacial score (nSPS) is 11.8. The molecule has 0 aliphatic rings. The van der Waals surface area contributed by atoms with E-state index in [1.54, 1.807) is 6.07 Å². The standard InChI is InChI=1S/C21H13FN2OS/c1-2-12-24-18-11-10-14-6-3-4-9-17(14)19(18)26-21(24)23-20(25)15-7-5-8-16(22)13-15/h1,3-11,13H,12H2. The molecule has 0 aliphatic carbocycles. The fourth-order valence-corrected chi connectivity index (χ4v) is 4.06. The van der Waals surface area contributed by atoms with Gasteiger partial charge in [0, 0.05) is 10.9 Å². The molecular weight excluding hydrogens is 347 g/mol. The number of carbonyl (C=O) groups is 1. The summed E-state index contributed by atoms with van der Waals surface area (Å²) in [5, 5.41) is 2.19. The molecule has 0 saturated carbocycles. The van der Waals surface area contributed by atoms with Crippen LogP contribution in [0, 0.1) is 18.2 Å². The van der Waals surface area contributed by atoms with E-state index in [1.807, 2.05) is 41.0 Å². The number of fused-ring (bicyclic) bond motifs is 3. The number of nitrogens with zero attached hydrogens (tertiary/aromatic N) is 2. The molecule has 126 valence electrons. The third-order valence-corrected chi connectivity index (χ3v) is 5.22. The van der Waals surface area contributed by atoms with Gasteiger partial charge in [-0.2, -0.15) is 4.99 Å². The van der Waals surface area contributed by atoms with Crippen molar-refractivity contribution < 1.29 is 9.18 Å². The molecule has 4 rings (SSSR count). The summed E-state index contributed by atoms with van der Waals surface area (Å²) < 4.78 is 16.2. The topological polar surface area (TPSA) is 34.4 Å². The first kappa shape index (κ1) is 16.2. The van der Waals surface area contributed by atoms with Crippen molar-refractivity contribution >= 4 is 38.2 Å². The lowest BCUT2D eigenvalue weighted by molar-refractivity contribution is 0.0997. The lowest BCUT2D eigenvalue weighted by Crippen LogP contribution is -2.16. The Bertz CT molecular complexity index is 1260. The maximum atomic E-state index is 13.4. The molecule has 0 aliphatic heterocycles. The van der Waals surface area contributed by atoms with Crippen LogP contribution in [0.25, 0.3) is 21.0 Å². The van der Waals surface area contributed by atoms with Crippen LogP contribution in [-0.2, 0) is 6.54 Å². The molecule has 0 atom stereocenters. The van der Waals surface area contributed by atoms with E-state index in [-0.39, 0.29) is 5.56 Å². The summed E-state index contributed by atoms with van der Waals surface area (Å²) in [5.74, 6) is 1.65. The van der Waals surface area contributed by atoms with Crippen LogP contribution in [0.4, 0.5) is 4.39 Å². The summed E-state index contributed by atoms with van der Waals surface area (Å²) in [7, 11) is 0. The Morgan fingerprint density at radius 2 is 2.00 bits per heavy atom. The molecule has 0 saturated heterocycles. The number of terminal acetylenes is 1. The van der Waals surface area contributed by atoms with E-state index in [2.05, 4.69) is 10.9 Å². The highest BCUT2D eigenvalue weighted by atomic mass is 32.1. The second kappa shape index (κ2) is 6.58. The van der Waals surface area contributed by atoms with Crippen LogP contribution in [0.5, 0.6) is 0 Å². The van der Waals surface area contributed by atoms with Crippen LogP contribution in [0.15, 0.2) is 65.7 Å². The van der Waals surface area contributed by atoms with Gasteiger partial charge in [-0.1, -0.05) is 53.7 Å². The summed E-state index contributed by atoms with van der Waals surface area (Å²) in [6, 6.07) is 17.5. The van der Waals surface area contributed by atoms with Crippen LogP contribution in [0.2, 0.25) is 0 Å². The van der Waals surface area contributed by atoms with Crippen molar-refractivity contribution in [3.8, 4) is 12.3 Å². The van der Waals surface area contributed by atoms with Gasteiger partial charge < -0.3 is 4.57 Å². The zero-order valence-electron chi connectivity index (χ0n) is 13.6. The van der Waals surface area contributed by atoms with Crippen LogP contribution in [0.3, 0.4) is 0 Å². The monoisotopic (exact) mass is 360 g/mol. The van der Waals surface area contributed by atoms with E-state index in [4.69, 9.17) is 6.42 Å². The number of halogens is 1. The van der Waals surface area contributed by atoms with Gasteiger partial charge >= 0.3 is 0 Å². The lowest BCUT2D eigenvalue weighted by atomic mass is 10.1. The minimum Gasteiger partial charge on any atom is -0.305 e. The van der Waals surface area contributed by atoms with E-state index in [0.717, 1.165) is 21.0 Å². The number of thiazole rings is 1. The third kappa shape index (κ3) is 2.81. The molecule has 4 aromatic rings. The van der Waals surface area contributed by atoms with Gasteiger partial charge in [0.2, 0.25) is 0 Å². The molecule has 3 nitrogen and oxygen atoms in total. The van der Waals surface area contributed by atoms with E-state index >= 15 is 0 Å². The molecule has 0 N–H and O–H groups in total. The molecule has 0 spiro atoms. The molecule has 1 heterocycles. The Morgan fingerprint density at radius 3 is 2.81 bits per heavy atom. The fourth-order valence-electron chi connectivity index (χ4n) is 2.90. The Morgan fingerprint density at radius 1 is 1.15 bits per heavy atom. The maximum absolute atomic E-state index is 13.4. The molecule has 26 heavy (non-hydrogen) atoms. The van der Waals surface area contributed by atoms with Gasteiger partial charge in [-0.3, -0.25) is 4.79 Å². The number of benzene rings is 3. The first-order valence-corrected chi connectivity index (χ1v) is 8.78. The molecule has 0 radical (unpaired) electrons. The van der Waals surface area contributed by atoms with Crippen molar-refractivity contribution in [3.63, 3.8) is 0 Å². The van der Waals surface area contributed by atoms with Crippen LogP contribution in [-0.4, -0.2) is 10.5 Å². The van der Waals surface area contributed by atoms with Gasteiger partial charge in [0.05, 0.1) is 16.8 Å². The Balaban J connectivity index is 1.96. The number of hydrogen-bond acceptors (Lipinski definition) is 2. The average molecular weight is 360 g/mol. The minimum atomic E-state index is -0.494. The minimum absolute atomic E-state index is 0.208. The number of amides is 1. The fraction of sp³-hybridized carbons (Fsp3) is 0.0476. The number of rotatable bonds is 2. The zero-order chi connectivity index (χ0) is 18.1. The summed E-state index contributed by atoms with van der Waals surface area (Å²) in [6.07, 6.45) is 5.51. The lowest BCUT2D eigenvalue weighted by Gasteiger charge is -2.02. The molecular formula is C21H13FN2OS. The molecule has 1 aromatic heterocycles. The van der Waals surface area contributed by atoms with Crippen molar-refractivity contribution in [2.45, 2.75) is 6.54 Å². The smallest absolute Gasteiger partial charge is 0.279 e. The Kier molecular flexibility index (Phi) is 4.11. The number of aromatic nitrogens is 1. The first-order valence-electron chi connectivity index (χ1n) is 7.96. The van der Waals surface area contributed by atoms with E-state index < -0.39 is 11.7 Å². The van der Waals surface area contributed by atoms with E-state index in [9.17, 15) is 9.18 Å². The summed E-state index contributed by atoms with van der Waals surface area (Å²) in [4.78, 5) is 17.2. The highest BCUT2D eigenvalue weighted by Crippen LogP contribution is 2.27. The van der Waals surface area contributed by atoms with Crippen molar-refractivity contribution in [1.82, 2.24) is 4.57 Å². The quantitative estimate of drug-likeness (QED) is 0.489. The third-order valence-electron chi connectivity index (χ3n) is 4.09. The van der Waals surface area contributed by atoms with Crippen LogP contribution in [0.1, 0.15) is 10.4 Å². The van der Waals surface area contributed by atoms with Gasteiger partial charge in [-0.05, 0) is 29.7 Å². The number of carbonyl (C=O) groups excluding carboxylic acids is 1.